The van der Waals surface area contributed by atoms with Crippen LogP contribution >= 0.6 is 23.2 Å². The van der Waals surface area contributed by atoms with E-state index in [1.165, 1.54) is 12.7 Å². The maximum Gasteiger partial charge on any atom is 0.340 e. The number of carbonyl (C=O) groups excluding carboxylic acids is 1. The first kappa shape index (κ1) is 18.6. The maximum atomic E-state index is 11.6. The van der Waals surface area contributed by atoms with Crippen molar-refractivity contribution in [3.8, 4) is 0 Å². The predicted octanol–water partition coefficient (Wildman–Crippen LogP) is 5.06. The van der Waals surface area contributed by atoms with Gasteiger partial charge in [0.2, 0.25) is 0 Å². The fraction of sp³-hybridized carbons (Fsp3) is 0.611. The summed E-state index contributed by atoms with van der Waals surface area (Å²) in [4.78, 5) is 11.6. The van der Waals surface area contributed by atoms with E-state index in [2.05, 4.69) is 6.92 Å². The highest BCUT2D eigenvalue weighted by Gasteiger charge is 2.52. The zero-order chi connectivity index (χ0) is 16.9. The number of ether oxygens (including phenoxy) is 2. The van der Waals surface area contributed by atoms with Crippen LogP contribution in [0.2, 0.25) is 10.0 Å². The molecule has 2 unspecified atom stereocenters. The number of esters is 1. The fourth-order valence-electron chi connectivity index (χ4n) is 2.79. The van der Waals surface area contributed by atoms with Gasteiger partial charge >= 0.3 is 5.97 Å². The molecule has 1 aromatic rings. The Labute approximate surface area is 148 Å². The van der Waals surface area contributed by atoms with Gasteiger partial charge in [-0.3, -0.25) is 0 Å². The predicted molar refractivity (Wildman–Crippen MR) is 93.1 cm³/mol. The molecule has 0 N–H and O–H groups in total. The second-order valence-electron chi connectivity index (χ2n) is 6.41. The Bertz CT molecular complexity index is 541. The molecule has 1 aliphatic rings. The first-order valence-corrected chi connectivity index (χ1v) is 8.89. The molecule has 0 spiro atoms. The Morgan fingerprint density at radius 2 is 2.04 bits per heavy atom. The van der Waals surface area contributed by atoms with Crippen molar-refractivity contribution in [2.75, 3.05) is 13.7 Å². The average Bonchev–Trinajstić information content (AvgIpc) is 3.33. The maximum absolute atomic E-state index is 11.6. The number of rotatable bonds is 9. The highest BCUT2D eigenvalue weighted by atomic mass is 35.5. The van der Waals surface area contributed by atoms with Gasteiger partial charge in [0.05, 0.1) is 23.8 Å². The molecule has 0 aliphatic carbocycles. The summed E-state index contributed by atoms with van der Waals surface area (Å²) in [7, 11) is 1.41. The molecular formula is C18H24Cl2O3. The summed E-state index contributed by atoms with van der Waals surface area (Å²) >= 11 is 12.0. The second-order valence-corrected chi connectivity index (χ2v) is 7.23. The third-order valence-electron chi connectivity index (χ3n) is 4.49. The number of hydrogen-bond donors (Lipinski definition) is 0. The van der Waals surface area contributed by atoms with Crippen molar-refractivity contribution >= 4 is 29.2 Å². The molecule has 3 nitrogen and oxygen atoms in total. The molecule has 2 rings (SSSR count). The van der Waals surface area contributed by atoms with E-state index >= 15 is 0 Å². The van der Waals surface area contributed by atoms with E-state index in [0.717, 1.165) is 38.5 Å². The van der Waals surface area contributed by atoms with Gasteiger partial charge in [-0.15, -0.1) is 0 Å². The summed E-state index contributed by atoms with van der Waals surface area (Å²) in [5, 5.41) is 1.22. The van der Waals surface area contributed by atoms with Gasteiger partial charge in [-0.1, -0.05) is 49.0 Å². The van der Waals surface area contributed by atoms with Gasteiger partial charge in [0, 0.05) is 0 Å². The van der Waals surface area contributed by atoms with Gasteiger partial charge < -0.3 is 9.47 Å². The van der Waals surface area contributed by atoms with Crippen LogP contribution in [0.15, 0.2) is 18.2 Å². The Morgan fingerprint density at radius 1 is 1.30 bits per heavy atom. The van der Waals surface area contributed by atoms with Gasteiger partial charge in [-0.25, -0.2) is 4.79 Å². The van der Waals surface area contributed by atoms with E-state index in [4.69, 9.17) is 32.7 Å². The summed E-state index contributed by atoms with van der Waals surface area (Å²) in [6.07, 6.45) is 6.14. The summed E-state index contributed by atoms with van der Waals surface area (Å²) in [5.41, 5.74) is 0.597. The zero-order valence-electron chi connectivity index (χ0n) is 13.7. The molecule has 23 heavy (non-hydrogen) atoms. The number of benzene rings is 1. The van der Waals surface area contributed by atoms with Crippen molar-refractivity contribution in [2.45, 2.75) is 51.0 Å². The normalized spacial score (nSPS) is 21.0. The second kappa shape index (κ2) is 8.36. The molecule has 128 valence electrons. The van der Waals surface area contributed by atoms with Gasteiger partial charge in [0.25, 0.3) is 0 Å². The Balaban J connectivity index is 1.63. The monoisotopic (exact) mass is 358 g/mol. The SMILES string of the molecule is COC(=O)C1(CCCCC(C)CCc2ccc(Cl)c(Cl)c2)CO1. The van der Waals surface area contributed by atoms with Crippen LogP contribution in [0.1, 0.15) is 44.6 Å². The summed E-state index contributed by atoms with van der Waals surface area (Å²) in [6.45, 7) is 2.77. The Hall–Kier alpha value is -0.770. The molecule has 1 saturated heterocycles. The van der Waals surface area contributed by atoms with E-state index in [-0.39, 0.29) is 5.97 Å². The van der Waals surface area contributed by atoms with Crippen LogP contribution in [-0.4, -0.2) is 25.3 Å². The number of aryl methyl sites for hydroxylation is 1. The lowest BCUT2D eigenvalue weighted by atomic mass is 9.94. The Morgan fingerprint density at radius 3 is 2.65 bits per heavy atom. The van der Waals surface area contributed by atoms with E-state index in [1.54, 1.807) is 0 Å². The van der Waals surface area contributed by atoms with E-state index < -0.39 is 5.60 Å². The molecule has 0 radical (unpaired) electrons. The minimum Gasteiger partial charge on any atom is -0.467 e. The van der Waals surface area contributed by atoms with Crippen molar-refractivity contribution in [2.24, 2.45) is 5.92 Å². The van der Waals surface area contributed by atoms with Crippen molar-refractivity contribution in [3.05, 3.63) is 33.8 Å². The smallest absolute Gasteiger partial charge is 0.340 e. The van der Waals surface area contributed by atoms with Crippen LogP contribution in [0.3, 0.4) is 0 Å². The molecule has 1 aromatic carbocycles. The lowest BCUT2D eigenvalue weighted by molar-refractivity contribution is -0.147. The van der Waals surface area contributed by atoms with Crippen molar-refractivity contribution in [3.63, 3.8) is 0 Å². The molecule has 1 heterocycles. The van der Waals surface area contributed by atoms with Crippen molar-refractivity contribution < 1.29 is 14.3 Å². The lowest BCUT2D eigenvalue weighted by Crippen LogP contribution is -2.25. The van der Waals surface area contributed by atoms with E-state index in [9.17, 15) is 4.79 Å². The zero-order valence-corrected chi connectivity index (χ0v) is 15.3. The van der Waals surface area contributed by atoms with Crippen LogP contribution in [0, 0.1) is 5.92 Å². The third-order valence-corrected chi connectivity index (χ3v) is 5.23. The molecule has 0 amide bonds. The van der Waals surface area contributed by atoms with Gasteiger partial charge in [-0.05, 0) is 49.3 Å². The van der Waals surface area contributed by atoms with Crippen molar-refractivity contribution in [1.29, 1.82) is 0 Å². The number of carbonyl (C=O) groups is 1. The molecular weight excluding hydrogens is 335 g/mol. The van der Waals surface area contributed by atoms with Crippen LogP contribution in [-0.2, 0) is 20.7 Å². The number of epoxide rings is 1. The van der Waals surface area contributed by atoms with E-state index in [0.29, 0.717) is 22.6 Å². The first-order valence-electron chi connectivity index (χ1n) is 8.13. The molecule has 0 aromatic heterocycles. The highest BCUT2D eigenvalue weighted by Crippen LogP contribution is 2.34. The molecule has 1 aliphatic heterocycles. The molecule has 5 heteroatoms. The molecule has 0 bridgehead atoms. The fourth-order valence-corrected chi connectivity index (χ4v) is 3.11. The lowest BCUT2D eigenvalue weighted by Gasteiger charge is -2.13. The minimum atomic E-state index is -0.627. The molecule has 1 fully saturated rings. The summed E-state index contributed by atoms with van der Waals surface area (Å²) in [6, 6.07) is 5.83. The number of methoxy groups -OCH3 is 1. The average molecular weight is 359 g/mol. The minimum absolute atomic E-state index is 0.231. The van der Waals surface area contributed by atoms with Crippen molar-refractivity contribution in [1.82, 2.24) is 0 Å². The van der Waals surface area contributed by atoms with Crippen LogP contribution in [0.4, 0.5) is 0 Å². The third kappa shape index (κ3) is 5.37. The number of unbranched alkanes of at least 4 members (excludes halogenated alkanes) is 1. The molecule has 2 atom stereocenters. The summed E-state index contributed by atoms with van der Waals surface area (Å²) < 4.78 is 10.1. The quantitative estimate of drug-likeness (QED) is 0.351. The van der Waals surface area contributed by atoms with Gasteiger partial charge in [0.15, 0.2) is 5.60 Å². The Kier molecular flexibility index (Phi) is 6.75. The van der Waals surface area contributed by atoms with Gasteiger partial charge in [-0.2, -0.15) is 0 Å². The highest BCUT2D eigenvalue weighted by molar-refractivity contribution is 6.42. The first-order chi connectivity index (χ1) is 11.0. The largest absolute Gasteiger partial charge is 0.467 e. The standard InChI is InChI=1S/C18H24Cl2O3/c1-13(6-7-14-8-9-15(19)16(20)11-14)5-3-4-10-18(12-23-18)17(21)22-2/h8-9,11,13H,3-7,10,12H2,1-2H3. The van der Waals surface area contributed by atoms with Crippen LogP contribution in [0.25, 0.3) is 0 Å². The van der Waals surface area contributed by atoms with Crippen LogP contribution in [0.5, 0.6) is 0 Å². The summed E-state index contributed by atoms with van der Waals surface area (Å²) in [5.74, 6) is 0.406. The number of hydrogen-bond acceptors (Lipinski definition) is 3. The van der Waals surface area contributed by atoms with Gasteiger partial charge in [0.1, 0.15) is 0 Å². The topological polar surface area (TPSA) is 38.8 Å². The van der Waals surface area contributed by atoms with Crippen LogP contribution < -0.4 is 0 Å². The van der Waals surface area contributed by atoms with E-state index in [1.807, 2.05) is 18.2 Å². The molecule has 0 saturated carbocycles. The number of halogens is 2.